The number of carboxylic acid groups (broad SMARTS) is 2. The molecular formula is C42H48N2O6. The van der Waals surface area contributed by atoms with Gasteiger partial charge in [0.1, 0.15) is 17.7 Å². The van der Waals surface area contributed by atoms with E-state index in [9.17, 15) is 19.5 Å². The molecule has 3 aliphatic rings. The Morgan fingerprint density at radius 1 is 0.740 bits per heavy atom. The second kappa shape index (κ2) is 14.9. The molecule has 8 nitrogen and oxygen atoms in total. The van der Waals surface area contributed by atoms with E-state index in [2.05, 4.69) is 55.6 Å². The van der Waals surface area contributed by atoms with Crippen LogP contribution in [0.1, 0.15) is 84.5 Å². The molecule has 0 spiro atoms. The summed E-state index contributed by atoms with van der Waals surface area (Å²) in [5, 5.41) is 21.9. The van der Waals surface area contributed by atoms with Crippen LogP contribution in [0.3, 0.4) is 0 Å². The minimum Gasteiger partial charge on any atom is -0.480 e. The molecule has 0 saturated heterocycles. The highest BCUT2D eigenvalue weighted by atomic mass is 16.5. The summed E-state index contributed by atoms with van der Waals surface area (Å²) in [7, 11) is 0. The van der Waals surface area contributed by atoms with E-state index in [1.807, 2.05) is 48.5 Å². The highest BCUT2D eigenvalue weighted by Crippen LogP contribution is 2.44. The van der Waals surface area contributed by atoms with E-state index < -0.39 is 29.1 Å². The average Bonchev–Trinajstić information content (AvgIpc) is 3.43. The molecule has 2 atom stereocenters. The lowest BCUT2D eigenvalue weighted by Gasteiger charge is -2.35. The number of rotatable bonds is 7. The Balaban J connectivity index is 0.000000241. The fourth-order valence-electron chi connectivity index (χ4n) is 7.89. The summed E-state index contributed by atoms with van der Waals surface area (Å²) >= 11 is 0. The summed E-state index contributed by atoms with van der Waals surface area (Å²) in [6, 6.07) is 28.4. The summed E-state index contributed by atoms with van der Waals surface area (Å²) < 4.78 is 5.64. The summed E-state index contributed by atoms with van der Waals surface area (Å²) in [6.45, 7) is 4.38. The predicted octanol–water partition coefficient (Wildman–Crippen LogP) is 7.26. The third-order valence-corrected chi connectivity index (χ3v) is 10.6. The van der Waals surface area contributed by atoms with Gasteiger partial charge in [-0.3, -0.25) is 4.79 Å². The smallest absolute Gasteiger partial charge is 0.408 e. The number of carbonyl (C=O) groups excluding carboxylic acids is 1. The molecule has 0 aromatic heterocycles. The normalized spacial score (nSPS) is 20.0. The zero-order valence-corrected chi connectivity index (χ0v) is 28.1. The van der Waals surface area contributed by atoms with Gasteiger partial charge in [-0.15, -0.1) is 0 Å². The van der Waals surface area contributed by atoms with Crippen LogP contribution >= 0.6 is 0 Å². The molecule has 4 aromatic carbocycles. The van der Waals surface area contributed by atoms with Crippen molar-refractivity contribution >= 4 is 18.0 Å². The maximum atomic E-state index is 12.8. The first-order valence-corrected chi connectivity index (χ1v) is 17.2. The monoisotopic (exact) mass is 676 g/mol. The van der Waals surface area contributed by atoms with Gasteiger partial charge in [0.15, 0.2) is 0 Å². The summed E-state index contributed by atoms with van der Waals surface area (Å²) in [5.41, 5.74) is 15.2. The van der Waals surface area contributed by atoms with Crippen LogP contribution in [0.25, 0.3) is 11.1 Å². The molecule has 7 rings (SSSR count). The number of amides is 1. The average molecular weight is 677 g/mol. The van der Waals surface area contributed by atoms with Gasteiger partial charge in [0.05, 0.1) is 0 Å². The molecule has 262 valence electrons. The lowest BCUT2D eigenvalue weighted by molar-refractivity contribution is -0.145. The molecule has 0 fully saturated rings. The van der Waals surface area contributed by atoms with E-state index in [0.717, 1.165) is 52.6 Å². The maximum Gasteiger partial charge on any atom is 0.408 e. The number of nitrogens with two attached hydrogens (primary N) is 1. The molecule has 1 amide bonds. The second-order valence-corrected chi connectivity index (χ2v) is 13.5. The van der Waals surface area contributed by atoms with Crippen LogP contribution in [-0.4, -0.2) is 45.9 Å². The summed E-state index contributed by atoms with van der Waals surface area (Å²) in [5.74, 6) is -1.98. The Bertz CT molecular complexity index is 1860. The van der Waals surface area contributed by atoms with Crippen LogP contribution in [0, 0.1) is 0 Å². The quantitative estimate of drug-likeness (QED) is 0.162. The topological polar surface area (TPSA) is 139 Å². The van der Waals surface area contributed by atoms with Gasteiger partial charge in [-0.25, -0.2) is 9.59 Å². The first-order chi connectivity index (χ1) is 23.6. The fraction of sp³-hybridized carbons (Fsp3) is 0.357. The fourth-order valence-corrected chi connectivity index (χ4v) is 7.89. The second-order valence-electron chi connectivity index (χ2n) is 13.5. The van der Waals surface area contributed by atoms with E-state index in [1.165, 1.54) is 22.3 Å². The Hall–Kier alpha value is -4.95. The van der Waals surface area contributed by atoms with Crippen molar-refractivity contribution < 1.29 is 29.3 Å². The van der Waals surface area contributed by atoms with Crippen molar-refractivity contribution in [2.75, 3.05) is 6.61 Å². The first kappa shape index (κ1) is 36.3. The van der Waals surface area contributed by atoms with E-state index in [0.29, 0.717) is 25.7 Å². The minimum atomic E-state index is -1.36. The SMILES string of the molecule is C.CCc1cccc2c1CCC(N)(C(=O)O)C2.CCc1cccc2c1CCC(NC(=O)OCC1c3ccccc3-c3ccccc31)(C(=O)O)C2. The van der Waals surface area contributed by atoms with E-state index in [4.69, 9.17) is 15.6 Å². The van der Waals surface area contributed by atoms with Gasteiger partial charge in [-0.2, -0.15) is 0 Å². The molecular weight excluding hydrogens is 628 g/mol. The van der Waals surface area contributed by atoms with Crippen molar-refractivity contribution in [2.45, 2.75) is 89.6 Å². The van der Waals surface area contributed by atoms with Crippen molar-refractivity contribution in [1.29, 1.82) is 0 Å². The number of fused-ring (bicyclic) bond motifs is 5. The van der Waals surface area contributed by atoms with Crippen molar-refractivity contribution in [2.24, 2.45) is 5.73 Å². The number of alkyl carbamates (subject to hydrolysis) is 1. The van der Waals surface area contributed by atoms with Gasteiger partial charge in [-0.1, -0.05) is 106 Å². The van der Waals surface area contributed by atoms with E-state index in [-0.39, 0.29) is 26.4 Å². The van der Waals surface area contributed by atoms with E-state index >= 15 is 0 Å². The molecule has 3 aliphatic carbocycles. The van der Waals surface area contributed by atoms with Crippen LogP contribution in [-0.2, 0) is 52.9 Å². The van der Waals surface area contributed by atoms with Gasteiger partial charge in [0.25, 0.3) is 0 Å². The molecule has 0 aliphatic heterocycles. The minimum absolute atomic E-state index is 0. The number of aliphatic carboxylic acids is 2. The number of nitrogens with one attached hydrogen (secondary N) is 1. The predicted molar refractivity (Wildman–Crippen MR) is 196 cm³/mol. The van der Waals surface area contributed by atoms with Crippen LogP contribution in [0.4, 0.5) is 4.79 Å². The zero-order valence-electron chi connectivity index (χ0n) is 28.1. The van der Waals surface area contributed by atoms with Crippen LogP contribution in [0.2, 0.25) is 0 Å². The van der Waals surface area contributed by atoms with Gasteiger partial charge >= 0.3 is 18.0 Å². The van der Waals surface area contributed by atoms with Crippen molar-refractivity contribution in [3.8, 4) is 11.1 Å². The summed E-state index contributed by atoms with van der Waals surface area (Å²) in [6.07, 6.45) is 4.20. The molecule has 4 aromatic rings. The first-order valence-electron chi connectivity index (χ1n) is 17.2. The lowest BCUT2D eigenvalue weighted by Crippen LogP contribution is -2.58. The number of hydrogen-bond acceptors (Lipinski definition) is 5. The van der Waals surface area contributed by atoms with Crippen molar-refractivity contribution in [1.82, 2.24) is 5.32 Å². The van der Waals surface area contributed by atoms with Gasteiger partial charge in [-0.05, 0) is 94.2 Å². The number of benzene rings is 4. The lowest BCUT2D eigenvalue weighted by atomic mass is 9.76. The largest absolute Gasteiger partial charge is 0.480 e. The number of aryl methyl sites for hydroxylation is 2. The molecule has 0 saturated carbocycles. The van der Waals surface area contributed by atoms with Crippen LogP contribution in [0.15, 0.2) is 84.9 Å². The number of carboxylic acids is 2. The molecule has 0 bridgehead atoms. The Kier molecular flexibility index (Phi) is 10.8. The third-order valence-electron chi connectivity index (χ3n) is 10.6. The van der Waals surface area contributed by atoms with Crippen molar-refractivity contribution in [3.05, 3.63) is 129 Å². The number of carbonyl (C=O) groups is 3. The van der Waals surface area contributed by atoms with Crippen LogP contribution in [0.5, 0.6) is 0 Å². The third kappa shape index (κ3) is 6.90. The van der Waals surface area contributed by atoms with Gasteiger partial charge in [0.2, 0.25) is 0 Å². The standard InChI is InChI=1S/C28H27NO4.C13H17NO2.CH4/c1-2-18-8-7-9-19-16-28(26(30)31,15-14-20(18)19)29-27(32)33-17-25-23-12-5-3-10-21(23)22-11-4-6-13-24(22)25;1-2-9-4-3-5-10-8-13(14,12(15)16)7-6-11(9)10;/h3-13,25H,2,14-17H2,1H3,(H,29,32)(H,30,31);3-5H,2,6-8,14H2,1H3,(H,15,16);1H4. The highest BCUT2D eigenvalue weighted by Gasteiger charge is 2.44. The molecule has 0 radical (unpaired) electrons. The molecule has 0 heterocycles. The molecule has 50 heavy (non-hydrogen) atoms. The number of ether oxygens (including phenoxy) is 1. The maximum absolute atomic E-state index is 12.8. The van der Waals surface area contributed by atoms with Gasteiger partial charge < -0.3 is 26.0 Å². The zero-order chi connectivity index (χ0) is 34.8. The molecule has 2 unspecified atom stereocenters. The Morgan fingerprint density at radius 3 is 1.78 bits per heavy atom. The van der Waals surface area contributed by atoms with E-state index in [1.54, 1.807) is 0 Å². The Labute approximate surface area is 294 Å². The molecule has 8 heteroatoms. The van der Waals surface area contributed by atoms with Crippen molar-refractivity contribution in [3.63, 3.8) is 0 Å². The Morgan fingerprint density at radius 2 is 1.26 bits per heavy atom. The van der Waals surface area contributed by atoms with Crippen LogP contribution < -0.4 is 11.1 Å². The highest BCUT2D eigenvalue weighted by molar-refractivity contribution is 5.85. The molecule has 5 N–H and O–H groups in total. The summed E-state index contributed by atoms with van der Waals surface area (Å²) in [4.78, 5) is 36.2. The number of hydrogen-bond donors (Lipinski definition) is 4. The van der Waals surface area contributed by atoms with Gasteiger partial charge in [0, 0.05) is 18.8 Å².